The summed E-state index contributed by atoms with van der Waals surface area (Å²) in [6.45, 7) is 12.1. The van der Waals surface area contributed by atoms with Crippen molar-refractivity contribution in [3.8, 4) is 0 Å². The third-order valence-corrected chi connectivity index (χ3v) is 22.3. The third-order valence-electron chi connectivity index (χ3n) is 20.4. The zero-order valence-corrected chi connectivity index (χ0v) is 69.6. The second-order valence-electron chi connectivity index (χ2n) is 31.2. The van der Waals surface area contributed by atoms with Crippen LogP contribution in [0, 0.1) is 17.8 Å². The molecule has 0 aromatic carbocycles. The number of ether oxygens (including phenoxy) is 4. The number of esters is 4. The molecule has 612 valence electrons. The van der Waals surface area contributed by atoms with Gasteiger partial charge in [-0.15, -0.1) is 0 Å². The van der Waals surface area contributed by atoms with Crippen molar-refractivity contribution in [1.29, 1.82) is 0 Å². The van der Waals surface area contributed by atoms with Crippen molar-refractivity contribution >= 4 is 39.5 Å². The number of rotatable bonds is 82. The van der Waals surface area contributed by atoms with Gasteiger partial charge >= 0.3 is 39.5 Å². The lowest BCUT2D eigenvalue weighted by Gasteiger charge is -2.21. The van der Waals surface area contributed by atoms with Crippen LogP contribution < -0.4 is 0 Å². The molecule has 0 rings (SSSR count). The predicted octanol–water partition coefficient (Wildman–Crippen LogP) is 25.3. The van der Waals surface area contributed by atoms with Crippen molar-refractivity contribution in [2.45, 2.75) is 458 Å². The van der Waals surface area contributed by atoms with E-state index in [1.165, 1.54) is 250 Å². The number of hydrogen-bond donors (Lipinski definition) is 3. The summed E-state index contributed by atoms with van der Waals surface area (Å²) < 4.78 is 68.9. The Morgan fingerprint density at radius 3 is 0.738 bits per heavy atom. The van der Waals surface area contributed by atoms with Crippen LogP contribution >= 0.6 is 15.6 Å². The van der Waals surface area contributed by atoms with Crippen molar-refractivity contribution in [3.63, 3.8) is 0 Å². The van der Waals surface area contributed by atoms with E-state index in [0.29, 0.717) is 25.7 Å². The highest BCUT2D eigenvalue weighted by atomic mass is 31.2. The van der Waals surface area contributed by atoms with Crippen LogP contribution in [0.25, 0.3) is 0 Å². The molecule has 7 atom stereocenters. The Hall–Kier alpha value is -1.94. The number of aliphatic hydroxyl groups is 1. The number of carbonyl (C=O) groups excluding carboxylic acids is 4. The molecule has 0 fully saturated rings. The molecule has 0 heterocycles. The second-order valence-corrected chi connectivity index (χ2v) is 34.1. The van der Waals surface area contributed by atoms with E-state index in [-0.39, 0.29) is 25.7 Å². The largest absolute Gasteiger partial charge is 0.472 e. The van der Waals surface area contributed by atoms with Gasteiger partial charge in [0.25, 0.3) is 0 Å². The summed E-state index contributed by atoms with van der Waals surface area (Å²) in [5.41, 5.74) is 0. The molecular weight excluding hydrogens is 1340 g/mol. The average Bonchev–Trinajstić information content (AvgIpc) is 0.980. The summed E-state index contributed by atoms with van der Waals surface area (Å²) >= 11 is 0. The minimum Gasteiger partial charge on any atom is -0.462 e. The molecule has 0 saturated carbocycles. The van der Waals surface area contributed by atoms with Gasteiger partial charge in [-0.2, -0.15) is 0 Å². The summed E-state index contributed by atoms with van der Waals surface area (Å²) in [5.74, 6) is 0.325. The molecule has 3 N–H and O–H groups in total. The highest BCUT2D eigenvalue weighted by molar-refractivity contribution is 7.47. The van der Waals surface area contributed by atoms with Crippen LogP contribution in [-0.4, -0.2) is 96.7 Å². The quantitative estimate of drug-likeness (QED) is 0.0222. The monoisotopic (exact) mass is 1510 g/mol. The lowest BCUT2D eigenvalue weighted by molar-refractivity contribution is -0.161. The van der Waals surface area contributed by atoms with Gasteiger partial charge in [0.2, 0.25) is 0 Å². The van der Waals surface area contributed by atoms with E-state index < -0.39 is 97.5 Å². The SMILES string of the molecule is CCCCCCCCCCCCCCCCCC(=O)O[C@H](COC(=O)CCCCCCCCCCC(C)CC)COP(=O)(O)OC[C@H](O)COP(=O)(O)OC[C@@H](COC(=O)CCCCCCCCCCCCCCCCC(C)CC)OC(=O)CCCCCCCCCCCCCCCCCC(C)C. The number of phosphoric ester groups is 2. The van der Waals surface area contributed by atoms with Gasteiger partial charge < -0.3 is 33.8 Å². The maximum atomic E-state index is 13.1. The lowest BCUT2D eigenvalue weighted by Crippen LogP contribution is -2.30. The highest BCUT2D eigenvalue weighted by Gasteiger charge is 2.30. The zero-order valence-electron chi connectivity index (χ0n) is 67.8. The van der Waals surface area contributed by atoms with Crippen LogP contribution in [0.4, 0.5) is 0 Å². The summed E-state index contributed by atoms with van der Waals surface area (Å²) in [5, 5.41) is 10.7. The first-order valence-corrected chi connectivity index (χ1v) is 46.4. The lowest BCUT2D eigenvalue weighted by atomic mass is 9.99. The van der Waals surface area contributed by atoms with Gasteiger partial charge in [0.15, 0.2) is 12.2 Å². The fourth-order valence-electron chi connectivity index (χ4n) is 13.0. The smallest absolute Gasteiger partial charge is 0.462 e. The van der Waals surface area contributed by atoms with Crippen molar-refractivity contribution in [3.05, 3.63) is 0 Å². The van der Waals surface area contributed by atoms with Gasteiger partial charge in [-0.05, 0) is 43.4 Å². The first-order chi connectivity index (χ1) is 49.8. The molecule has 0 radical (unpaired) electrons. The normalized spacial score (nSPS) is 14.4. The second kappa shape index (κ2) is 74.2. The molecule has 0 aromatic heterocycles. The molecule has 19 heteroatoms. The topological polar surface area (TPSA) is 237 Å². The fraction of sp³-hybridized carbons (Fsp3) is 0.952. The van der Waals surface area contributed by atoms with Crippen molar-refractivity contribution in [2.24, 2.45) is 17.8 Å². The molecule has 0 aliphatic rings. The molecule has 4 unspecified atom stereocenters. The van der Waals surface area contributed by atoms with E-state index in [1.807, 2.05) is 0 Å². The Morgan fingerprint density at radius 2 is 0.495 bits per heavy atom. The summed E-state index contributed by atoms with van der Waals surface area (Å²) in [6.07, 6.45) is 63.6. The van der Waals surface area contributed by atoms with E-state index in [9.17, 15) is 43.2 Å². The third kappa shape index (κ3) is 75.3. The van der Waals surface area contributed by atoms with Crippen LogP contribution in [0.3, 0.4) is 0 Å². The minimum atomic E-state index is -4.97. The van der Waals surface area contributed by atoms with Crippen LogP contribution in [0.5, 0.6) is 0 Å². The number of aliphatic hydroxyl groups excluding tert-OH is 1. The molecule has 0 aliphatic carbocycles. The molecule has 103 heavy (non-hydrogen) atoms. The Balaban J connectivity index is 5.27. The van der Waals surface area contributed by atoms with Crippen molar-refractivity contribution in [1.82, 2.24) is 0 Å². The van der Waals surface area contributed by atoms with Gasteiger partial charge in [-0.1, -0.05) is 389 Å². The molecule has 0 aromatic rings. The molecule has 0 aliphatic heterocycles. The highest BCUT2D eigenvalue weighted by Crippen LogP contribution is 2.45. The summed E-state index contributed by atoms with van der Waals surface area (Å²) in [4.78, 5) is 73.2. The van der Waals surface area contributed by atoms with Crippen LogP contribution in [0.1, 0.15) is 440 Å². The minimum absolute atomic E-state index is 0.108. The number of hydrogen-bond acceptors (Lipinski definition) is 15. The van der Waals surface area contributed by atoms with Gasteiger partial charge in [-0.25, -0.2) is 9.13 Å². The van der Waals surface area contributed by atoms with E-state index in [1.54, 1.807) is 0 Å². The maximum absolute atomic E-state index is 13.1. The van der Waals surface area contributed by atoms with Crippen LogP contribution in [-0.2, 0) is 65.4 Å². The first-order valence-electron chi connectivity index (χ1n) is 43.4. The Labute approximate surface area is 632 Å². The molecule has 0 bridgehead atoms. The standard InChI is InChI=1S/C84H164O17P2/c1-8-11-12-13-14-15-16-17-19-27-32-37-46-53-60-67-84(89)101-80(72-95-82(87)66-59-52-45-40-39-43-50-57-64-77(7)10-3)74-99-103(92,93)97-70-78(85)69-96-102(90,91)98-73-79(100-83(88)68-61-54-47-38-33-28-21-18-20-24-29-34-41-48-55-62-75(4)5)71-94-81(86)65-58-51-44-36-31-26-23-22-25-30-35-42-49-56-63-76(6)9-2/h75-80,85H,8-74H2,1-7H3,(H,90,91)(H,92,93)/t76?,77?,78-,79-,80-/m1/s1. The molecule has 0 amide bonds. The van der Waals surface area contributed by atoms with E-state index in [4.69, 9.17) is 37.0 Å². The molecular formula is C84H164O17P2. The molecule has 17 nitrogen and oxygen atoms in total. The average molecular weight is 1510 g/mol. The van der Waals surface area contributed by atoms with Crippen molar-refractivity contribution in [2.75, 3.05) is 39.6 Å². The van der Waals surface area contributed by atoms with E-state index in [2.05, 4.69) is 48.5 Å². The van der Waals surface area contributed by atoms with Gasteiger partial charge in [0.1, 0.15) is 19.3 Å². The predicted molar refractivity (Wildman–Crippen MR) is 423 cm³/mol. The number of phosphoric acid groups is 2. The van der Waals surface area contributed by atoms with Gasteiger partial charge in [-0.3, -0.25) is 37.3 Å². The Kier molecular flexibility index (Phi) is 72.8. The van der Waals surface area contributed by atoms with E-state index in [0.717, 1.165) is 108 Å². The molecule has 0 spiro atoms. The zero-order chi connectivity index (χ0) is 75.8. The van der Waals surface area contributed by atoms with E-state index >= 15 is 0 Å². The number of carbonyl (C=O) groups is 4. The van der Waals surface area contributed by atoms with Gasteiger partial charge in [0.05, 0.1) is 26.4 Å². The van der Waals surface area contributed by atoms with Gasteiger partial charge in [0, 0.05) is 25.7 Å². The molecule has 0 saturated heterocycles. The number of unbranched alkanes of at least 4 members (excludes halogenated alkanes) is 48. The fourth-order valence-corrected chi connectivity index (χ4v) is 14.5. The Morgan fingerprint density at radius 1 is 0.282 bits per heavy atom. The summed E-state index contributed by atoms with van der Waals surface area (Å²) in [6, 6.07) is 0. The maximum Gasteiger partial charge on any atom is 0.472 e. The Bertz CT molecular complexity index is 2000. The van der Waals surface area contributed by atoms with Crippen LogP contribution in [0.15, 0.2) is 0 Å². The van der Waals surface area contributed by atoms with Crippen LogP contribution in [0.2, 0.25) is 0 Å². The summed E-state index contributed by atoms with van der Waals surface area (Å²) in [7, 11) is -9.93. The first kappa shape index (κ1) is 101. The van der Waals surface area contributed by atoms with Crippen molar-refractivity contribution < 1.29 is 80.2 Å².